The second-order valence-electron chi connectivity index (χ2n) is 5.59. The number of hydrogen-bond acceptors (Lipinski definition) is 4. The first kappa shape index (κ1) is 15.7. The van der Waals surface area contributed by atoms with Gasteiger partial charge in [0.15, 0.2) is 0 Å². The molecule has 23 heavy (non-hydrogen) atoms. The molecule has 0 atom stereocenters. The van der Waals surface area contributed by atoms with Crippen molar-refractivity contribution in [2.24, 2.45) is 4.99 Å². The number of nitrogens with zero attached hydrogens (tertiary/aromatic N) is 4. The number of thiophene rings is 1. The minimum absolute atomic E-state index is 0.00149. The zero-order valence-corrected chi connectivity index (χ0v) is 14.4. The Morgan fingerprint density at radius 2 is 2.26 bits per heavy atom. The first-order chi connectivity index (χ1) is 11.1. The van der Waals surface area contributed by atoms with Gasteiger partial charge < -0.3 is 4.90 Å². The van der Waals surface area contributed by atoms with Gasteiger partial charge in [0.2, 0.25) is 0 Å². The van der Waals surface area contributed by atoms with Crippen LogP contribution in [0.15, 0.2) is 35.6 Å². The van der Waals surface area contributed by atoms with Crippen LogP contribution >= 0.6 is 11.3 Å². The fourth-order valence-electron chi connectivity index (χ4n) is 2.60. The molecule has 1 aliphatic heterocycles. The lowest BCUT2D eigenvalue weighted by atomic mass is 10.1. The number of amides is 2. The first-order valence-electron chi connectivity index (χ1n) is 7.68. The Hall–Kier alpha value is -2.21. The van der Waals surface area contributed by atoms with E-state index in [-0.39, 0.29) is 6.03 Å². The molecule has 0 saturated heterocycles. The van der Waals surface area contributed by atoms with Gasteiger partial charge in [0.05, 0.1) is 12.3 Å². The van der Waals surface area contributed by atoms with E-state index in [0.717, 1.165) is 28.3 Å². The maximum absolute atomic E-state index is 12.5. The summed E-state index contributed by atoms with van der Waals surface area (Å²) in [7, 11) is 3.56. The highest BCUT2D eigenvalue weighted by molar-refractivity contribution is 7.16. The number of hydrogen-bond donors (Lipinski definition) is 0. The van der Waals surface area contributed by atoms with Gasteiger partial charge in [-0.25, -0.2) is 4.79 Å². The number of carbonyl (C=O) groups excluding carboxylic acids is 1. The minimum Gasteiger partial charge on any atom is -0.330 e. The molecule has 0 spiro atoms. The third-order valence-corrected chi connectivity index (χ3v) is 5.06. The van der Waals surface area contributed by atoms with Crippen molar-refractivity contribution in [3.05, 3.63) is 46.6 Å². The molecule has 120 valence electrons. The zero-order valence-electron chi connectivity index (χ0n) is 13.6. The van der Waals surface area contributed by atoms with Crippen molar-refractivity contribution in [1.29, 1.82) is 0 Å². The van der Waals surface area contributed by atoms with Crippen LogP contribution in [0.5, 0.6) is 0 Å². The number of carbonyl (C=O) groups is 1. The summed E-state index contributed by atoms with van der Waals surface area (Å²) in [6.45, 7) is 3.31. The summed E-state index contributed by atoms with van der Waals surface area (Å²) in [6, 6.07) is 6.09. The number of fused-ring (bicyclic) bond motifs is 1. The second-order valence-corrected chi connectivity index (χ2v) is 6.70. The fraction of sp³-hybridized carbons (Fsp3) is 0.353. The number of rotatable bonds is 2. The molecule has 0 radical (unpaired) electrons. The van der Waals surface area contributed by atoms with Crippen LogP contribution in [0.4, 0.5) is 9.80 Å². The number of aliphatic imine (C=N–C) groups is 1. The van der Waals surface area contributed by atoms with Crippen LogP contribution in [0.3, 0.4) is 0 Å². The van der Waals surface area contributed by atoms with Gasteiger partial charge in [-0.15, -0.1) is 11.3 Å². The molecule has 3 rings (SSSR count). The lowest BCUT2D eigenvalue weighted by Gasteiger charge is -2.24. The zero-order chi connectivity index (χ0) is 16.4. The average Bonchev–Trinajstić information content (AvgIpc) is 2.91. The van der Waals surface area contributed by atoms with Crippen molar-refractivity contribution in [3.8, 4) is 0 Å². The summed E-state index contributed by atoms with van der Waals surface area (Å²) in [4.78, 5) is 26.2. The molecule has 0 saturated carbocycles. The molecule has 0 aliphatic carbocycles. The van der Waals surface area contributed by atoms with Crippen LogP contribution in [0.1, 0.15) is 22.9 Å². The third-order valence-electron chi connectivity index (χ3n) is 3.75. The Kier molecular flexibility index (Phi) is 4.43. The highest BCUT2D eigenvalue weighted by atomic mass is 32.1. The quantitative estimate of drug-likeness (QED) is 0.851. The van der Waals surface area contributed by atoms with E-state index in [1.165, 1.54) is 4.88 Å². The van der Waals surface area contributed by atoms with Crippen molar-refractivity contribution in [1.82, 2.24) is 9.88 Å². The van der Waals surface area contributed by atoms with E-state index in [2.05, 4.69) is 18.0 Å². The van der Waals surface area contributed by atoms with Gasteiger partial charge in [-0.2, -0.15) is 0 Å². The molecule has 1 aliphatic rings. The van der Waals surface area contributed by atoms with E-state index in [0.29, 0.717) is 13.1 Å². The predicted octanol–water partition coefficient (Wildman–Crippen LogP) is 3.04. The van der Waals surface area contributed by atoms with Crippen LogP contribution in [-0.2, 0) is 6.42 Å². The third kappa shape index (κ3) is 2.99. The molecule has 0 N–H and O–H groups in total. The topological polar surface area (TPSA) is 48.8 Å². The van der Waals surface area contributed by atoms with Gasteiger partial charge in [0.1, 0.15) is 5.00 Å². The molecule has 3 heterocycles. The maximum atomic E-state index is 12.5. The molecular formula is C17H20N4OS. The average molecular weight is 328 g/mol. The largest absolute Gasteiger partial charge is 0.330 e. The monoisotopic (exact) mass is 328 g/mol. The molecule has 2 amide bonds. The Morgan fingerprint density at radius 1 is 1.43 bits per heavy atom. The molecule has 6 heteroatoms. The van der Waals surface area contributed by atoms with Gasteiger partial charge in [-0.1, -0.05) is 6.92 Å². The Balaban J connectivity index is 2.11. The van der Waals surface area contributed by atoms with Crippen molar-refractivity contribution < 1.29 is 4.79 Å². The van der Waals surface area contributed by atoms with E-state index in [9.17, 15) is 4.79 Å². The number of aryl methyl sites for hydroxylation is 1. The smallest absolute Gasteiger partial charge is 0.324 e. The summed E-state index contributed by atoms with van der Waals surface area (Å²) >= 11 is 1.68. The number of pyridine rings is 1. The van der Waals surface area contributed by atoms with Crippen molar-refractivity contribution in [2.75, 3.05) is 32.1 Å². The predicted molar refractivity (Wildman–Crippen MR) is 94.9 cm³/mol. The minimum atomic E-state index is -0.00149. The Morgan fingerprint density at radius 3 is 2.91 bits per heavy atom. The Bertz CT molecular complexity index is 736. The van der Waals surface area contributed by atoms with E-state index in [4.69, 9.17) is 4.99 Å². The van der Waals surface area contributed by atoms with Crippen LogP contribution < -0.4 is 4.90 Å². The molecule has 0 unspecified atom stereocenters. The van der Waals surface area contributed by atoms with Gasteiger partial charge in [-0.05, 0) is 24.6 Å². The second kappa shape index (κ2) is 6.50. The number of aromatic nitrogens is 1. The van der Waals surface area contributed by atoms with Crippen molar-refractivity contribution in [2.45, 2.75) is 13.3 Å². The summed E-state index contributed by atoms with van der Waals surface area (Å²) in [5, 5.41) is 0.987. The normalized spacial score (nSPS) is 14.0. The van der Waals surface area contributed by atoms with Gasteiger partial charge in [0.25, 0.3) is 0 Å². The van der Waals surface area contributed by atoms with Crippen LogP contribution in [0.2, 0.25) is 0 Å². The summed E-state index contributed by atoms with van der Waals surface area (Å²) in [5.41, 5.74) is 2.96. The van der Waals surface area contributed by atoms with Crippen LogP contribution in [0, 0.1) is 0 Å². The van der Waals surface area contributed by atoms with Crippen LogP contribution in [0.25, 0.3) is 0 Å². The first-order valence-corrected chi connectivity index (χ1v) is 8.50. The molecular weight excluding hydrogens is 308 g/mol. The highest BCUT2D eigenvalue weighted by Gasteiger charge is 2.27. The van der Waals surface area contributed by atoms with Gasteiger partial charge >= 0.3 is 6.03 Å². The summed E-state index contributed by atoms with van der Waals surface area (Å²) in [5.74, 6) is 0. The highest BCUT2D eigenvalue weighted by Crippen LogP contribution is 2.35. The lowest BCUT2D eigenvalue weighted by molar-refractivity contribution is 0.224. The van der Waals surface area contributed by atoms with Gasteiger partial charge in [-0.3, -0.25) is 14.9 Å². The standard InChI is InChI=1S/C17H20N4OS/c1-4-13-10-14-15(12-6-5-7-18-11-12)19-8-9-21(16(14)23-13)17(22)20(2)3/h5-7,10-11H,4,8-9H2,1-3H3. The lowest BCUT2D eigenvalue weighted by Crippen LogP contribution is -2.40. The molecule has 5 nitrogen and oxygen atoms in total. The molecule has 2 aromatic rings. The van der Waals surface area contributed by atoms with E-state index >= 15 is 0 Å². The fourth-order valence-corrected chi connectivity index (χ4v) is 3.71. The SMILES string of the molecule is CCc1cc2c(s1)N(C(=O)N(C)C)CCN=C2c1cccnc1. The van der Waals surface area contributed by atoms with E-state index in [1.807, 2.05) is 23.2 Å². The molecule has 0 fully saturated rings. The van der Waals surface area contributed by atoms with Crippen molar-refractivity contribution in [3.63, 3.8) is 0 Å². The molecule has 2 aromatic heterocycles. The Labute approximate surface area is 140 Å². The van der Waals surface area contributed by atoms with E-state index < -0.39 is 0 Å². The number of anilines is 1. The maximum Gasteiger partial charge on any atom is 0.324 e. The molecule has 0 bridgehead atoms. The van der Waals surface area contributed by atoms with Crippen molar-refractivity contribution >= 4 is 28.1 Å². The number of urea groups is 1. The molecule has 0 aromatic carbocycles. The summed E-state index contributed by atoms with van der Waals surface area (Å²) in [6.07, 6.45) is 4.53. The van der Waals surface area contributed by atoms with Crippen LogP contribution in [-0.4, -0.2) is 48.8 Å². The van der Waals surface area contributed by atoms with E-state index in [1.54, 1.807) is 36.5 Å². The summed E-state index contributed by atoms with van der Waals surface area (Å²) < 4.78 is 0. The van der Waals surface area contributed by atoms with Gasteiger partial charge in [0, 0.05) is 49.0 Å².